The van der Waals surface area contributed by atoms with Gasteiger partial charge in [-0.15, -0.1) is 0 Å². The van der Waals surface area contributed by atoms with E-state index in [1.165, 1.54) is 9.54 Å². The molecular weight excluding hydrogens is 440 g/mol. The van der Waals surface area contributed by atoms with E-state index in [1.807, 2.05) is 48.5 Å². The van der Waals surface area contributed by atoms with E-state index in [0.29, 0.717) is 11.4 Å². The van der Waals surface area contributed by atoms with Crippen LogP contribution in [-0.2, 0) is 10.0 Å². The Labute approximate surface area is 192 Å². The zero-order valence-electron chi connectivity index (χ0n) is 17.1. The van der Waals surface area contributed by atoms with E-state index >= 15 is 0 Å². The largest absolute Gasteiger partial charge is 0.378 e. The summed E-state index contributed by atoms with van der Waals surface area (Å²) in [6.45, 7) is 0. The monoisotopic (exact) mass is 460 g/mol. The average Bonchev–Trinajstić information content (AvgIpc) is 3.45. The minimum absolute atomic E-state index is 0.0131. The fourth-order valence-corrected chi connectivity index (χ4v) is 6.78. The quantitative estimate of drug-likeness (QED) is 0.362. The molecule has 0 radical (unpaired) electrons. The molecule has 1 aromatic heterocycles. The number of rotatable bonds is 3. The van der Waals surface area contributed by atoms with Crippen LogP contribution >= 0.6 is 11.6 Å². The normalized spacial score (nSPS) is 21.8. The fraction of sp³-hybridized carbons (Fsp3) is 0.154. The van der Waals surface area contributed by atoms with E-state index in [-0.39, 0.29) is 16.9 Å². The number of fused-ring (bicyclic) bond motifs is 4. The summed E-state index contributed by atoms with van der Waals surface area (Å²) < 4.78 is 28.5. The predicted molar refractivity (Wildman–Crippen MR) is 129 cm³/mol. The second-order valence-electron chi connectivity index (χ2n) is 8.42. The molecule has 0 unspecified atom stereocenters. The third kappa shape index (κ3) is 2.92. The first-order chi connectivity index (χ1) is 15.5. The lowest BCUT2D eigenvalue weighted by Gasteiger charge is -2.37. The maximum atomic E-state index is 13.5. The number of allylic oxidation sites excluding steroid dienone is 2. The summed E-state index contributed by atoms with van der Waals surface area (Å²) >= 11 is 6.29. The second-order valence-corrected chi connectivity index (χ2v) is 10.7. The van der Waals surface area contributed by atoms with Crippen LogP contribution in [0.15, 0.2) is 96.0 Å². The number of nitrogens with zero attached hydrogens (tertiary/aromatic N) is 1. The van der Waals surface area contributed by atoms with Crippen LogP contribution in [0.3, 0.4) is 0 Å². The lowest BCUT2D eigenvalue weighted by molar-refractivity contribution is 0.427. The molecule has 0 saturated heterocycles. The summed E-state index contributed by atoms with van der Waals surface area (Å²) in [6, 6.07) is 22.3. The third-order valence-electron chi connectivity index (χ3n) is 6.67. The van der Waals surface area contributed by atoms with Gasteiger partial charge in [0, 0.05) is 33.8 Å². The van der Waals surface area contributed by atoms with Crippen LogP contribution in [0.1, 0.15) is 29.5 Å². The SMILES string of the molecule is O=S(=O)(c1ccccc1)n1cc([C@H]2Nc3ccc(Cl)cc3[C@H]3C=CC[C@H]32)c2ccccc21. The summed E-state index contributed by atoms with van der Waals surface area (Å²) in [7, 11) is -3.72. The van der Waals surface area contributed by atoms with Gasteiger partial charge in [-0.1, -0.05) is 60.2 Å². The number of nitrogens with one attached hydrogen (secondary N) is 1. The Hall–Kier alpha value is -3.02. The molecule has 1 aliphatic carbocycles. The maximum Gasteiger partial charge on any atom is 0.268 e. The van der Waals surface area contributed by atoms with Crippen LogP contribution in [0.4, 0.5) is 5.69 Å². The van der Waals surface area contributed by atoms with Crippen molar-refractivity contribution in [1.29, 1.82) is 0 Å². The molecule has 160 valence electrons. The van der Waals surface area contributed by atoms with Gasteiger partial charge in [-0.2, -0.15) is 0 Å². The number of benzene rings is 3. The van der Waals surface area contributed by atoms with E-state index in [2.05, 4.69) is 17.5 Å². The Morgan fingerprint density at radius 2 is 1.72 bits per heavy atom. The Bertz CT molecular complexity index is 1470. The van der Waals surface area contributed by atoms with Gasteiger partial charge in [-0.05, 0) is 54.3 Å². The molecule has 1 N–H and O–H groups in total. The standard InChI is InChI=1S/C26H21ClN2O2S/c27-17-13-14-24-22(15-17)19-10-6-11-21(19)26(28-24)23-16-29(25-12-5-4-9-20(23)25)32(30,31)18-7-2-1-3-8-18/h1-10,12-16,19,21,26,28H,11H2/t19-,21+,26-/m0/s1. The highest BCUT2D eigenvalue weighted by atomic mass is 35.5. The third-order valence-corrected chi connectivity index (χ3v) is 8.59. The van der Waals surface area contributed by atoms with Crippen LogP contribution in [-0.4, -0.2) is 12.4 Å². The summed E-state index contributed by atoms with van der Waals surface area (Å²) in [6.07, 6.45) is 7.22. The van der Waals surface area contributed by atoms with Crippen LogP contribution in [0, 0.1) is 5.92 Å². The van der Waals surface area contributed by atoms with Crippen molar-refractivity contribution in [2.24, 2.45) is 5.92 Å². The molecule has 3 aromatic carbocycles. The number of halogens is 1. The summed E-state index contributed by atoms with van der Waals surface area (Å²) in [5.41, 5.74) is 3.94. The second kappa shape index (κ2) is 7.26. The summed E-state index contributed by atoms with van der Waals surface area (Å²) in [5, 5.41) is 5.38. The van der Waals surface area contributed by atoms with E-state index in [4.69, 9.17) is 11.6 Å². The lowest BCUT2D eigenvalue weighted by atomic mass is 9.77. The lowest BCUT2D eigenvalue weighted by Crippen LogP contribution is -2.29. The number of aromatic nitrogens is 1. The molecular formula is C26H21ClN2O2S. The van der Waals surface area contributed by atoms with Gasteiger partial charge in [0.15, 0.2) is 0 Å². The molecule has 0 amide bonds. The molecule has 1 aliphatic heterocycles. The fourth-order valence-electron chi connectivity index (χ4n) is 5.20. The molecule has 4 aromatic rings. The molecule has 6 rings (SSSR count). The van der Waals surface area contributed by atoms with Crippen LogP contribution < -0.4 is 5.32 Å². The minimum Gasteiger partial charge on any atom is -0.378 e. The highest BCUT2D eigenvalue weighted by Gasteiger charge is 2.39. The van der Waals surface area contributed by atoms with Gasteiger partial charge >= 0.3 is 0 Å². The average molecular weight is 461 g/mol. The van der Waals surface area contributed by atoms with E-state index < -0.39 is 10.0 Å². The minimum atomic E-state index is -3.72. The van der Waals surface area contributed by atoms with Crippen LogP contribution in [0.25, 0.3) is 10.9 Å². The van der Waals surface area contributed by atoms with Gasteiger partial charge in [0.1, 0.15) is 0 Å². The highest BCUT2D eigenvalue weighted by molar-refractivity contribution is 7.90. The Morgan fingerprint density at radius 3 is 2.56 bits per heavy atom. The van der Waals surface area contributed by atoms with Crippen molar-refractivity contribution in [2.75, 3.05) is 5.32 Å². The van der Waals surface area contributed by atoms with Gasteiger partial charge in [0.05, 0.1) is 16.5 Å². The molecule has 4 nitrogen and oxygen atoms in total. The summed E-state index contributed by atoms with van der Waals surface area (Å²) in [4.78, 5) is 0.282. The Morgan fingerprint density at radius 1 is 0.938 bits per heavy atom. The Balaban J connectivity index is 1.53. The van der Waals surface area contributed by atoms with Gasteiger partial charge in [0.2, 0.25) is 0 Å². The first-order valence-corrected chi connectivity index (χ1v) is 12.5. The van der Waals surface area contributed by atoms with Crippen molar-refractivity contribution in [2.45, 2.75) is 23.3 Å². The Kier molecular flexibility index (Phi) is 4.46. The van der Waals surface area contributed by atoms with Gasteiger partial charge in [-0.3, -0.25) is 0 Å². The maximum absolute atomic E-state index is 13.5. The predicted octanol–water partition coefficient (Wildman–Crippen LogP) is 6.36. The molecule has 0 bridgehead atoms. The number of anilines is 1. The van der Waals surface area contributed by atoms with Crippen LogP contribution in [0.2, 0.25) is 5.02 Å². The van der Waals surface area contributed by atoms with E-state index in [9.17, 15) is 8.42 Å². The molecule has 0 spiro atoms. The van der Waals surface area contributed by atoms with E-state index in [0.717, 1.165) is 28.1 Å². The van der Waals surface area contributed by atoms with Gasteiger partial charge in [-0.25, -0.2) is 12.4 Å². The van der Waals surface area contributed by atoms with Crippen molar-refractivity contribution >= 4 is 38.2 Å². The summed E-state index contributed by atoms with van der Waals surface area (Å²) in [5.74, 6) is 0.544. The molecule has 32 heavy (non-hydrogen) atoms. The topological polar surface area (TPSA) is 51.1 Å². The molecule has 0 fully saturated rings. The molecule has 0 saturated carbocycles. The van der Waals surface area contributed by atoms with Gasteiger partial charge < -0.3 is 5.32 Å². The molecule has 2 aliphatic rings. The number of hydrogen-bond donors (Lipinski definition) is 1. The molecule has 3 atom stereocenters. The number of hydrogen-bond acceptors (Lipinski definition) is 3. The van der Waals surface area contributed by atoms with Crippen LogP contribution in [0.5, 0.6) is 0 Å². The molecule has 2 heterocycles. The van der Waals surface area contributed by atoms with Crippen molar-refractivity contribution in [3.63, 3.8) is 0 Å². The van der Waals surface area contributed by atoms with E-state index in [1.54, 1.807) is 30.5 Å². The number of para-hydroxylation sites is 1. The van der Waals surface area contributed by atoms with Crippen molar-refractivity contribution in [3.8, 4) is 0 Å². The van der Waals surface area contributed by atoms with Crippen molar-refractivity contribution < 1.29 is 8.42 Å². The van der Waals surface area contributed by atoms with Gasteiger partial charge in [0.25, 0.3) is 10.0 Å². The van der Waals surface area contributed by atoms with Crippen molar-refractivity contribution in [1.82, 2.24) is 3.97 Å². The zero-order chi connectivity index (χ0) is 21.9. The van der Waals surface area contributed by atoms with Crippen molar-refractivity contribution in [3.05, 3.63) is 107 Å². The first kappa shape index (κ1) is 19.6. The zero-order valence-corrected chi connectivity index (χ0v) is 18.7. The molecule has 6 heteroatoms. The smallest absolute Gasteiger partial charge is 0.268 e. The first-order valence-electron chi connectivity index (χ1n) is 10.7. The highest BCUT2D eigenvalue weighted by Crippen LogP contribution is 2.51.